The Morgan fingerprint density at radius 1 is 0.505 bits per heavy atom. The number of carbonyl (C=O) groups is 6. The van der Waals surface area contributed by atoms with E-state index in [0.717, 1.165) is 131 Å². The Morgan fingerprint density at radius 2 is 0.979 bits per heavy atom. The lowest BCUT2D eigenvalue weighted by Gasteiger charge is -2.31. The van der Waals surface area contributed by atoms with E-state index < -0.39 is 42.4 Å². The number of likely N-dealkylation sites (tertiary alicyclic amines) is 1. The molecule has 8 aromatic rings. The number of aromatic amines is 4. The first kappa shape index (κ1) is 64.3. The van der Waals surface area contributed by atoms with Crippen molar-refractivity contribution in [3.63, 3.8) is 0 Å². The van der Waals surface area contributed by atoms with E-state index in [0.29, 0.717) is 56.1 Å². The second-order valence-corrected chi connectivity index (χ2v) is 26.9. The van der Waals surface area contributed by atoms with E-state index in [1.54, 1.807) is 17.3 Å². The van der Waals surface area contributed by atoms with Crippen molar-refractivity contribution < 1.29 is 43.0 Å². The third kappa shape index (κ3) is 13.3. The second-order valence-electron chi connectivity index (χ2n) is 26.9. The Labute approximate surface area is 562 Å². The molecule has 24 heteroatoms. The van der Waals surface area contributed by atoms with Gasteiger partial charge in [-0.1, -0.05) is 111 Å². The molecule has 14 rings (SSSR count). The summed E-state index contributed by atoms with van der Waals surface area (Å²) in [5, 5.41) is 11.9. The Bertz CT molecular complexity index is 4140. The Hall–Kier alpha value is -10.1. The lowest BCUT2D eigenvalue weighted by molar-refractivity contribution is -0.137. The molecular weight excluding hydrogens is 1230 g/mol. The Balaban J connectivity index is 0.598. The summed E-state index contributed by atoms with van der Waals surface area (Å²) in [5.74, 6) is 1.99. The van der Waals surface area contributed by atoms with Crippen LogP contribution < -0.4 is 21.3 Å². The third-order valence-electron chi connectivity index (χ3n) is 20.7. The highest BCUT2D eigenvalue weighted by Gasteiger charge is 2.50. The van der Waals surface area contributed by atoms with Crippen LogP contribution in [0, 0.1) is 11.8 Å². The molecule has 6 aliphatic heterocycles. The predicted molar refractivity (Wildman–Crippen MR) is 361 cm³/mol. The van der Waals surface area contributed by atoms with Crippen molar-refractivity contribution >= 4 is 36.0 Å². The summed E-state index contributed by atoms with van der Waals surface area (Å²) in [6.07, 6.45) is 14.7. The van der Waals surface area contributed by atoms with E-state index in [1.807, 2.05) is 60.3 Å². The fourth-order valence-electron chi connectivity index (χ4n) is 15.5. The van der Waals surface area contributed by atoms with Crippen LogP contribution in [0.2, 0.25) is 0 Å². The normalized spacial score (nSPS) is 23.6. The minimum absolute atomic E-state index is 0.000756. The lowest BCUT2D eigenvalue weighted by Crippen LogP contribution is -2.51. The molecule has 24 nitrogen and oxygen atoms in total. The molecule has 6 saturated heterocycles. The van der Waals surface area contributed by atoms with Crippen LogP contribution in [0.5, 0.6) is 0 Å². The summed E-state index contributed by atoms with van der Waals surface area (Å²) in [6.45, 7) is 5.38. The molecule has 6 fully saturated rings. The van der Waals surface area contributed by atoms with Crippen molar-refractivity contribution in [2.75, 3.05) is 33.9 Å². The third-order valence-corrected chi connectivity index (χ3v) is 20.7. The van der Waals surface area contributed by atoms with Gasteiger partial charge in [0, 0.05) is 24.5 Å². The van der Waals surface area contributed by atoms with Gasteiger partial charge in [-0.15, -0.1) is 0 Å². The molecule has 504 valence electrons. The highest BCUT2D eigenvalue weighted by Crippen LogP contribution is 2.45. The topological polar surface area (TPSA) is 303 Å². The zero-order valence-electron chi connectivity index (χ0n) is 55.0. The van der Waals surface area contributed by atoms with Crippen molar-refractivity contribution in [2.24, 2.45) is 11.8 Å². The number of fused-ring (bicyclic) bond motifs is 2. The zero-order valence-corrected chi connectivity index (χ0v) is 55.0. The van der Waals surface area contributed by atoms with Gasteiger partial charge in [-0.3, -0.25) is 14.4 Å². The van der Waals surface area contributed by atoms with Crippen LogP contribution in [0.1, 0.15) is 145 Å². The summed E-state index contributed by atoms with van der Waals surface area (Å²) in [5.41, 5.74) is 11.5. The number of ether oxygens (including phenoxy) is 3. The van der Waals surface area contributed by atoms with Gasteiger partial charge < -0.3 is 70.1 Å². The van der Waals surface area contributed by atoms with Crippen LogP contribution in [-0.4, -0.2) is 155 Å². The van der Waals surface area contributed by atoms with Crippen LogP contribution in [0.4, 0.5) is 14.4 Å². The van der Waals surface area contributed by atoms with Crippen molar-refractivity contribution in [1.29, 1.82) is 0 Å². The van der Waals surface area contributed by atoms with Crippen molar-refractivity contribution in [3.05, 3.63) is 145 Å². The average Bonchev–Trinajstić information content (AvgIpc) is 1.63. The van der Waals surface area contributed by atoms with Gasteiger partial charge in [-0.05, 0) is 140 Å². The maximum Gasteiger partial charge on any atom is 0.407 e. The molecule has 0 bridgehead atoms. The number of benzene rings is 4. The smallest absolute Gasteiger partial charge is 0.407 e. The first-order valence-corrected chi connectivity index (χ1v) is 34.2. The quantitative estimate of drug-likeness (QED) is 0.0393. The molecule has 8 N–H and O–H groups in total. The summed E-state index contributed by atoms with van der Waals surface area (Å²) >= 11 is 0. The summed E-state index contributed by atoms with van der Waals surface area (Å²) in [7, 11) is 2.56. The van der Waals surface area contributed by atoms with E-state index in [1.165, 1.54) is 14.2 Å². The zero-order chi connectivity index (χ0) is 66.8. The maximum absolute atomic E-state index is 14.7. The van der Waals surface area contributed by atoms with Gasteiger partial charge in [0.05, 0.1) is 92.6 Å². The molecule has 0 saturated carbocycles. The number of hydrogen-bond donors (Lipinski definition) is 8. The minimum Gasteiger partial charge on any atom is -0.453 e. The predicted octanol–water partition coefficient (Wildman–Crippen LogP) is 11.2. The first-order chi connectivity index (χ1) is 47.2. The van der Waals surface area contributed by atoms with Crippen LogP contribution >= 0.6 is 0 Å². The van der Waals surface area contributed by atoms with Gasteiger partial charge in [0.15, 0.2) is 0 Å². The number of methoxy groups -OCH3 is 2. The summed E-state index contributed by atoms with van der Waals surface area (Å²) in [4.78, 5) is 120. The fraction of sp³-hybridized carbons (Fsp3) is 0.425. The maximum atomic E-state index is 14.7. The largest absolute Gasteiger partial charge is 0.453 e. The van der Waals surface area contributed by atoms with Gasteiger partial charge in [0.2, 0.25) is 17.7 Å². The molecule has 6 aliphatic rings. The molecular formula is C73H83N15O9. The molecule has 0 radical (unpaired) electrons. The molecule has 0 spiro atoms. The standard InChI is InChI=1S/C73H83N15O9/c1-41(2)63(85-72(93)96-4)70(91)86-34-8-14-60(86)65-76-37-56(80-65)47-25-17-43(18-26-47)44-19-27-48(28-20-44)57-38-77-66(81-57)61-32-31-51-9-5-10-53(68(89)87(51)61)84-73(94)97-40-50-35-62(88-59(50)13-6-11-54(69(88)90)83-71(92)95-3)67-78-39-58(82-67)49-29-21-45(22-30-49)42-15-23-46(24-16-42)55-36-75-64(79-55)52-12-7-33-74-52/h15-30,36-39,41,50-54,59-63,74H,5-14,31-35,40H2,1-4H3,(H,75,79)(H,76,80)(H,77,81)(H,78,82)(H,83,92)(H,84,94)(H,85,93). The van der Waals surface area contributed by atoms with Crippen molar-refractivity contribution in [2.45, 2.75) is 152 Å². The Kier molecular flexibility index (Phi) is 18.5. The first-order valence-electron chi connectivity index (χ1n) is 34.2. The summed E-state index contributed by atoms with van der Waals surface area (Å²) in [6, 6.07) is 29.8. The minimum atomic E-state index is -0.811. The Morgan fingerprint density at radius 3 is 1.49 bits per heavy atom. The number of carbonyl (C=O) groups excluding carboxylic acids is 6. The molecule has 6 amide bonds. The highest BCUT2D eigenvalue weighted by atomic mass is 16.6. The molecule has 10 heterocycles. The molecule has 4 aromatic carbocycles. The van der Waals surface area contributed by atoms with Gasteiger partial charge in [0.1, 0.15) is 41.4 Å². The van der Waals surface area contributed by atoms with Gasteiger partial charge in [-0.25, -0.2) is 34.3 Å². The number of amides is 6. The molecule has 97 heavy (non-hydrogen) atoms. The van der Waals surface area contributed by atoms with E-state index in [4.69, 9.17) is 29.2 Å². The number of nitrogens with one attached hydrogen (secondary N) is 8. The van der Waals surface area contributed by atoms with Crippen LogP contribution in [0.3, 0.4) is 0 Å². The highest BCUT2D eigenvalue weighted by molar-refractivity contribution is 5.89. The summed E-state index contributed by atoms with van der Waals surface area (Å²) < 4.78 is 15.8. The monoisotopic (exact) mass is 1310 g/mol. The second kappa shape index (κ2) is 27.9. The number of rotatable bonds is 17. The molecule has 4 aromatic heterocycles. The average molecular weight is 1310 g/mol. The van der Waals surface area contributed by atoms with E-state index in [9.17, 15) is 28.8 Å². The van der Waals surface area contributed by atoms with E-state index in [2.05, 4.69) is 119 Å². The number of nitrogens with zero attached hydrogens (tertiary/aromatic N) is 7. The number of hydrogen-bond acceptors (Lipinski definition) is 14. The van der Waals surface area contributed by atoms with Crippen LogP contribution in [0.15, 0.2) is 122 Å². The van der Waals surface area contributed by atoms with Crippen molar-refractivity contribution in [1.82, 2.24) is 75.8 Å². The van der Waals surface area contributed by atoms with Gasteiger partial charge in [0.25, 0.3) is 0 Å². The van der Waals surface area contributed by atoms with E-state index >= 15 is 0 Å². The SMILES string of the molecule is COC(=O)NC1CCCC2C(COC(=O)NC3CCCC4CCC(c5ncc(-c6ccc(-c7ccc(-c8cnc(C9CCCN9C(=O)C(NC(=O)OC)C(C)C)[nH]8)cc7)cc6)[nH]5)N4C3=O)CC(c3ncc(-c4ccc(-c5ccc(-c6cnc(C7CCCN7)[nH]6)cc5)cc4)[nH]3)N2C1=O. The van der Waals surface area contributed by atoms with E-state index in [-0.39, 0.29) is 66.4 Å². The lowest BCUT2D eigenvalue weighted by atomic mass is 9.95. The van der Waals surface area contributed by atoms with Gasteiger partial charge in [-0.2, -0.15) is 0 Å². The fourth-order valence-corrected chi connectivity index (χ4v) is 15.5. The van der Waals surface area contributed by atoms with Crippen LogP contribution in [-0.2, 0) is 28.6 Å². The van der Waals surface area contributed by atoms with Crippen molar-refractivity contribution in [3.8, 4) is 67.3 Å². The van der Waals surface area contributed by atoms with Crippen LogP contribution in [0.25, 0.3) is 67.3 Å². The molecule has 10 atom stereocenters. The number of imidazole rings is 4. The number of aromatic nitrogens is 8. The van der Waals surface area contributed by atoms with Gasteiger partial charge >= 0.3 is 18.3 Å². The molecule has 0 aliphatic carbocycles. The number of H-pyrrole nitrogens is 4. The number of alkyl carbamates (subject to hydrolysis) is 3. The molecule has 10 unspecified atom stereocenters.